The van der Waals surface area contributed by atoms with Crippen molar-refractivity contribution in [2.24, 2.45) is 0 Å². The zero-order valence-electron chi connectivity index (χ0n) is 11.1. The topological polar surface area (TPSA) is 122 Å². The largest absolute Gasteiger partial charge is 0.491 e. The summed E-state index contributed by atoms with van der Waals surface area (Å²) in [6, 6.07) is 2.84. The van der Waals surface area contributed by atoms with E-state index in [1.165, 1.54) is 13.2 Å². The Hall–Kier alpha value is -3.28. The minimum absolute atomic E-state index is 0.286. The number of benzene rings is 1. The minimum atomic E-state index is -1.47. The second-order valence-corrected chi connectivity index (χ2v) is 4.04. The molecule has 0 amide bonds. The molecule has 1 heterocycles. The molecular weight excluding hydrogens is 298 g/mol. The molecule has 0 unspecified atom stereocenters. The van der Waals surface area contributed by atoms with E-state index in [-0.39, 0.29) is 11.6 Å². The van der Waals surface area contributed by atoms with Crippen LogP contribution in [-0.2, 0) is 0 Å². The number of hydrogen-bond donors (Lipinski definition) is 2. The summed E-state index contributed by atoms with van der Waals surface area (Å²) in [6.45, 7) is 0. The molecular formula is C13H8F2N4O3. The van der Waals surface area contributed by atoms with Crippen LogP contribution >= 0.6 is 0 Å². The summed E-state index contributed by atoms with van der Waals surface area (Å²) >= 11 is 0. The average molecular weight is 306 g/mol. The number of nitriles is 1. The van der Waals surface area contributed by atoms with Crippen LogP contribution in [0, 0.1) is 23.0 Å². The predicted molar refractivity (Wildman–Crippen MR) is 70.0 cm³/mol. The van der Waals surface area contributed by atoms with Gasteiger partial charge in [0, 0.05) is 0 Å². The number of nitrogen functional groups attached to an aromatic ring is 1. The van der Waals surface area contributed by atoms with Gasteiger partial charge >= 0.3 is 5.97 Å². The Bertz CT molecular complexity index is 818. The Labute approximate surface area is 122 Å². The van der Waals surface area contributed by atoms with Crippen LogP contribution in [0.3, 0.4) is 0 Å². The van der Waals surface area contributed by atoms with Crippen molar-refractivity contribution in [2.45, 2.75) is 0 Å². The number of nitrogens with two attached hydrogens (primary N) is 1. The molecule has 0 aliphatic heterocycles. The molecule has 112 valence electrons. The van der Waals surface area contributed by atoms with Crippen molar-refractivity contribution in [1.82, 2.24) is 9.97 Å². The van der Waals surface area contributed by atoms with Crippen molar-refractivity contribution < 1.29 is 23.4 Å². The number of aromatic nitrogens is 2. The highest BCUT2D eigenvalue weighted by atomic mass is 19.1. The van der Waals surface area contributed by atoms with Crippen LogP contribution in [-0.4, -0.2) is 28.2 Å². The van der Waals surface area contributed by atoms with Crippen LogP contribution in [0.15, 0.2) is 12.1 Å². The van der Waals surface area contributed by atoms with Gasteiger partial charge in [-0.05, 0) is 12.1 Å². The maximum absolute atomic E-state index is 13.9. The highest BCUT2D eigenvalue weighted by Gasteiger charge is 2.22. The summed E-state index contributed by atoms with van der Waals surface area (Å²) in [7, 11) is 1.17. The molecule has 2 rings (SSSR count). The molecule has 0 fully saturated rings. The maximum Gasteiger partial charge on any atom is 0.358 e. The van der Waals surface area contributed by atoms with E-state index in [1.54, 1.807) is 0 Å². The number of carbonyl (C=O) groups is 1. The zero-order chi connectivity index (χ0) is 16.4. The molecule has 7 nitrogen and oxygen atoms in total. The lowest BCUT2D eigenvalue weighted by Crippen LogP contribution is -2.10. The van der Waals surface area contributed by atoms with Crippen molar-refractivity contribution in [1.29, 1.82) is 5.26 Å². The number of ether oxygens (including phenoxy) is 1. The van der Waals surface area contributed by atoms with Crippen LogP contribution in [0.5, 0.6) is 5.75 Å². The van der Waals surface area contributed by atoms with Gasteiger partial charge in [0.2, 0.25) is 0 Å². The molecule has 1 aromatic heterocycles. The molecule has 3 N–H and O–H groups in total. The Kier molecular flexibility index (Phi) is 3.85. The molecule has 0 radical (unpaired) electrons. The van der Waals surface area contributed by atoms with Crippen LogP contribution in [0.2, 0.25) is 0 Å². The molecule has 0 saturated heterocycles. The quantitative estimate of drug-likeness (QED) is 0.882. The highest BCUT2D eigenvalue weighted by Crippen LogP contribution is 2.29. The van der Waals surface area contributed by atoms with E-state index in [9.17, 15) is 13.6 Å². The highest BCUT2D eigenvalue weighted by molar-refractivity contribution is 5.91. The van der Waals surface area contributed by atoms with Gasteiger partial charge in [-0.25, -0.2) is 23.5 Å². The second kappa shape index (κ2) is 5.61. The molecule has 22 heavy (non-hydrogen) atoms. The predicted octanol–water partition coefficient (Wildman–Crippen LogP) is 1.58. The van der Waals surface area contributed by atoms with Gasteiger partial charge in [0.25, 0.3) is 0 Å². The van der Waals surface area contributed by atoms with E-state index in [4.69, 9.17) is 20.8 Å². The van der Waals surface area contributed by atoms with Crippen molar-refractivity contribution in [3.8, 4) is 23.2 Å². The van der Waals surface area contributed by atoms with Gasteiger partial charge in [0.05, 0.1) is 18.2 Å². The van der Waals surface area contributed by atoms with E-state index in [2.05, 4.69) is 9.97 Å². The molecule has 0 saturated carbocycles. The SMILES string of the molecule is COc1c(N)nc(-c2cc(F)c(C#N)cc2F)nc1C(=O)O. The lowest BCUT2D eigenvalue weighted by atomic mass is 10.1. The van der Waals surface area contributed by atoms with Crippen LogP contribution in [0.1, 0.15) is 16.1 Å². The third kappa shape index (κ3) is 2.49. The number of carboxylic acids is 1. The summed E-state index contributed by atoms with van der Waals surface area (Å²) in [5.41, 5.74) is 4.03. The summed E-state index contributed by atoms with van der Waals surface area (Å²) < 4.78 is 32.3. The Morgan fingerprint density at radius 1 is 1.36 bits per heavy atom. The fourth-order valence-electron chi connectivity index (χ4n) is 1.74. The standard InChI is InChI=1S/C13H8F2N4O3/c1-22-10-9(13(20)21)18-12(19-11(10)17)6-3-7(14)5(4-16)2-8(6)15/h2-3H,1H3,(H,20,21)(H2,17,18,19). The van der Waals surface area contributed by atoms with Crippen molar-refractivity contribution in [2.75, 3.05) is 12.8 Å². The van der Waals surface area contributed by atoms with Gasteiger partial charge in [-0.2, -0.15) is 5.26 Å². The fraction of sp³-hybridized carbons (Fsp3) is 0.0769. The number of hydrogen-bond acceptors (Lipinski definition) is 6. The first-order chi connectivity index (χ1) is 10.4. The number of rotatable bonds is 3. The molecule has 1 aromatic carbocycles. The summed E-state index contributed by atoms with van der Waals surface area (Å²) in [5, 5.41) is 17.7. The van der Waals surface area contributed by atoms with E-state index < -0.39 is 40.2 Å². The normalized spacial score (nSPS) is 10.1. The van der Waals surface area contributed by atoms with E-state index in [1.807, 2.05) is 0 Å². The molecule has 0 aliphatic rings. The summed E-state index contributed by atoms with van der Waals surface area (Å²) in [4.78, 5) is 18.5. The molecule has 0 spiro atoms. The first kappa shape index (κ1) is 15.1. The number of halogens is 2. The lowest BCUT2D eigenvalue weighted by molar-refractivity contribution is 0.0686. The van der Waals surface area contributed by atoms with Gasteiger partial charge < -0.3 is 15.6 Å². The second-order valence-electron chi connectivity index (χ2n) is 4.04. The smallest absolute Gasteiger partial charge is 0.358 e. The van der Waals surface area contributed by atoms with E-state index >= 15 is 0 Å². The lowest BCUT2D eigenvalue weighted by Gasteiger charge is -2.10. The fourth-order valence-corrected chi connectivity index (χ4v) is 1.74. The average Bonchev–Trinajstić information content (AvgIpc) is 2.48. The monoisotopic (exact) mass is 306 g/mol. The Balaban J connectivity index is 2.72. The van der Waals surface area contributed by atoms with Crippen LogP contribution < -0.4 is 10.5 Å². The van der Waals surface area contributed by atoms with Crippen LogP contribution in [0.25, 0.3) is 11.4 Å². The molecule has 0 aliphatic carbocycles. The van der Waals surface area contributed by atoms with Gasteiger partial charge in [0.15, 0.2) is 23.1 Å². The van der Waals surface area contributed by atoms with E-state index in [0.717, 1.165) is 0 Å². The van der Waals surface area contributed by atoms with Gasteiger partial charge in [-0.15, -0.1) is 0 Å². The van der Waals surface area contributed by atoms with Gasteiger partial charge in [-0.3, -0.25) is 0 Å². The third-order valence-electron chi connectivity index (χ3n) is 2.72. The molecule has 0 bridgehead atoms. The van der Waals surface area contributed by atoms with Crippen LogP contribution in [0.4, 0.5) is 14.6 Å². The first-order valence-corrected chi connectivity index (χ1v) is 5.73. The molecule has 0 atom stereocenters. The van der Waals surface area contributed by atoms with Gasteiger partial charge in [-0.1, -0.05) is 0 Å². The van der Waals surface area contributed by atoms with Gasteiger partial charge in [0.1, 0.15) is 17.7 Å². The first-order valence-electron chi connectivity index (χ1n) is 5.73. The van der Waals surface area contributed by atoms with Crippen molar-refractivity contribution in [3.63, 3.8) is 0 Å². The Morgan fingerprint density at radius 2 is 2.05 bits per heavy atom. The van der Waals surface area contributed by atoms with Crippen molar-refractivity contribution >= 4 is 11.8 Å². The zero-order valence-corrected chi connectivity index (χ0v) is 11.1. The molecule has 9 heteroatoms. The van der Waals surface area contributed by atoms with E-state index in [0.29, 0.717) is 12.1 Å². The Morgan fingerprint density at radius 3 is 2.59 bits per heavy atom. The summed E-state index contributed by atoms with van der Waals surface area (Å²) in [6.07, 6.45) is 0. The number of nitrogens with zero attached hydrogens (tertiary/aromatic N) is 3. The number of carboxylic acid groups (broad SMARTS) is 1. The van der Waals surface area contributed by atoms with Crippen molar-refractivity contribution in [3.05, 3.63) is 35.0 Å². The third-order valence-corrected chi connectivity index (χ3v) is 2.72. The minimum Gasteiger partial charge on any atom is -0.491 e. The number of methoxy groups -OCH3 is 1. The molecule has 2 aromatic rings. The number of anilines is 1. The summed E-state index contributed by atoms with van der Waals surface area (Å²) in [5.74, 6) is -4.51. The maximum atomic E-state index is 13.9. The number of aromatic carboxylic acids is 1.